The van der Waals surface area contributed by atoms with Crippen molar-refractivity contribution in [3.05, 3.63) is 0 Å². The SMILES string of the molecule is OC1C(CCS)OC(O[C@@H]2O[C@H](CS)C(O)C(O)C2O)C(O)C1O. The number of hydrogen-bond donors (Lipinski definition) is 8. The lowest BCUT2D eigenvalue weighted by atomic mass is 9.97. The van der Waals surface area contributed by atoms with E-state index in [0.29, 0.717) is 12.2 Å². The first-order valence-corrected chi connectivity index (χ1v) is 8.84. The maximum Gasteiger partial charge on any atom is 0.189 e. The molecule has 2 aliphatic rings. The minimum absolute atomic E-state index is 0.0580. The predicted octanol–water partition coefficient (Wildman–Crippen LogP) is -3.13. The molecule has 0 aromatic rings. The van der Waals surface area contributed by atoms with Crippen molar-refractivity contribution < 1.29 is 44.8 Å². The van der Waals surface area contributed by atoms with Crippen LogP contribution in [0.5, 0.6) is 0 Å². The summed E-state index contributed by atoms with van der Waals surface area (Å²) in [5, 5.41) is 59.4. The largest absolute Gasteiger partial charge is 0.388 e. The van der Waals surface area contributed by atoms with Crippen LogP contribution in [0.1, 0.15) is 6.42 Å². The monoisotopic (exact) mass is 388 g/mol. The van der Waals surface area contributed by atoms with Crippen LogP contribution in [0.3, 0.4) is 0 Å². The van der Waals surface area contributed by atoms with E-state index in [1.54, 1.807) is 0 Å². The molecule has 11 heteroatoms. The van der Waals surface area contributed by atoms with Crippen molar-refractivity contribution >= 4 is 25.3 Å². The number of rotatable bonds is 5. The lowest BCUT2D eigenvalue weighted by molar-refractivity contribution is -0.371. The average molecular weight is 388 g/mol. The second-order valence-corrected chi connectivity index (χ2v) is 6.67. The van der Waals surface area contributed by atoms with E-state index >= 15 is 0 Å². The Hall–Kier alpha value is 0.340. The second kappa shape index (κ2) is 8.82. The Balaban J connectivity index is 2.07. The molecule has 2 rings (SSSR count). The summed E-state index contributed by atoms with van der Waals surface area (Å²) in [6.45, 7) is 0. The number of aliphatic hydroxyl groups is 6. The highest BCUT2D eigenvalue weighted by atomic mass is 32.1. The van der Waals surface area contributed by atoms with Crippen LogP contribution in [0.15, 0.2) is 0 Å². The van der Waals surface area contributed by atoms with Gasteiger partial charge in [-0.3, -0.25) is 0 Å². The fourth-order valence-electron chi connectivity index (χ4n) is 2.71. The van der Waals surface area contributed by atoms with E-state index < -0.39 is 61.4 Å². The van der Waals surface area contributed by atoms with Crippen molar-refractivity contribution in [2.24, 2.45) is 0 Å². The van der Waals surface area contributed by atoms with E-state index in [-0.39, 0.29) is 5.75 Å². The normalized spacial score (nSPS) is 50.0. The molecule has 0 radical (unpaired) electrons. The van der Waals surface area contributed by atoms with E-state index in [0.717, 1.165) is 0 Å². The van der Waals surface area contributed by atoms with Crippen LogP contribution < -0.4 is 0 Å². The molecular weight excluding hydrogens is 364 g/mol. The van der Waals surface area contributed by atoms with Gasteiger partial charge in [-0.15, -0.1) is 0 Å². The Kier molecular flexibility index (Phi) is 7.59. The molecule has 2 heterocycles. The Bertz CT molecular complexity index is 402. The molecule has 6 N–H and O–H groups in total. The lowest BCUT2D eigenvalue weighted by Crippen LogP contribution is -2.63. The van der Waals surface area contributed by atoms with Crippen molar-refractivity contribution in [3.8, 4) is 0 Å². The van der Waals surface area contributed by atoms with Gasteiger partial charge in [0.05, 0.1) is 12.2 Å². The molecule has 142 valence electrons. The number of thiol groups is 2. The number of hydrogen-bond acceptors (Lipinski definition) is 11. The molecule has 2 saturated heterocycles. The van der Waals surface area contributed by atoms with E-state index in [4.69, 9.17) is 14.2 Å². The standard InChI is InChI=1S/C13H24O9S2/c14-6-4(1-2-23)20-12(10(18)8(6)16)22-13-11(19)9(17)7(15)5(3-24)21-13/h4-19,23-24H,1-3H2/t4?,5-,6?,7?,8?,9?,10?,11?,12?,13+/m1/s1. The van der Waals surface area contributed by atoms with Gasteiger partial charge < -0.3 is 44.8 Å². The van der Waals surface area contributed by atoms with E-state index in [9.17, 15) is 30.6 Å². The Morgan fingerprint density at radius 2 is 1.12 bits per heavy atom. The van der Waals surface area contributed by atoms with Gasteiger partial charge in [-0.2, -0.15) is 25.3 Å². The van der Waals surface area contributed by atoms with Crippen LogP contribution in [0, 0.1) is 0 Å². The molecule has 10 atom stereocenters. The van der Waals surface area contributed by atoms with Crippen LogP contribution >= 0.6 is 25.3 Å². The van der Waals surface area contributed by atoms with Crippen LogP contribution in [0.2, 0.25) is 0 Å². The summed E-state index contributed by atoms with van der Waals surface area (Å²) in [4.78, 5) is 0. The molecule has 2 fully saturated rings. The maximum absolute atomic E-state index is 10.0. The zero-order valence-corrected chi connectivity index (χ0v) is 14.5. The highest BCUT2D eigenvalue weighted by Crippen LogP contribution is 2.29. The first kappa shape index (κ1) is 20.6. The van der Waals surface area contributed by atoms with E-state index in [1.807, 2.05) is 0 Å². The minimum atomic E-state index is -1.60. The lowest BCUT2D eigenvalue weighted by Gasteiger charge is -2.44. The van der Waals surface area contributed by atoms with Crippen molar-refractivity contribution in [2.75, 3.05) is 11.5 Å². The van der Waals surface area contributed by atoms with Crippen molar-refractivity contribution in [3.63, 3.8) is 0 Å². The summed E-state index contributed by atoms with van der Waals surface area (Å²) in [5.74, 6) is 0.426. The smallest absolute Gasteiger partial charge is 0.189 e. The van der Waals surface area contributed by atoms with Gasteiger partial charge in [-0.25, -0.2) is 0 Å². The number of aliphatic hydroxyl groups excluding tert-OH is 6. The van der Waals surface area contributed by atoms with Crippen LogP contribution in [0.25, 0.3) is 0 Å². The van der Waals surface area contributed by atoms with Gasteiger partial charge in [-0.1, -0.05) is 0 Å². The Labute approximate surface area is 150 Å². The molecular formula is C13H24O9S2. The van der Waals surface area contributed by atoms with Gasteiger partial charge in [0.25, 0.3) is 0 Å². The Morgan fingerprint density at radius 3 is 1.58 bits per heavy atom. The topological polar surface area (TPSA) is 149 Å². The zero-order chi connectivity index (χ0) is 18.0. The molecule has 8 unspecified atom stereocenters. The third-order valence-corrected chi connectivity index (χ3v) is 4.82. The zero-order valence-electron chi connectivity index (χ0n) is 12.7. The molecule has 0 saturated carbocycles. The summed E-state index contributed by atoms with van der Waals surface area (Å²) in [6.07, 6.45) is -13.2. The minimum Gasteiger partial charge on any atom is -0.388 e. The van der Waals surface area contributed by atoms with Gasteiger partial charge >= 0.3 is 0 Å². The van der Waals surface area contributed by atoms with Gasteiger partial charge in [0.15, 0.2) is 12.6 Å². The van der Waals surface area contributed by atoms with Gasteiger partial charge in [0.1, 0.15) is 36.6 Å². The summed E-state index contributed by atoms with van der Waals surface area (Å²) in [7, 11) is 0. The molecule has 0 aromatic carbocycles. The van der Waals surface area contributed by atoms with E-state index in [2.05, 4.69) is 25.3 Å². The van der Waals surface area contributed by atoms with Crippen molar-refractivity contribution in [2.45, 2.75) is 67.8 Å². The molecule has 24 heavy (non-hydrogen) atoms. The summed E-state index contributed by atoms with van der Waals surface area (Å²) < 4.78 is 16.1. The summed E-state index contributed by atoms with van der Waals surface area (Å²) in [5.41, 5.74) is 0. The van der Waals surface area contributed by atoms with Crippen molar-refractivity contribution in [1.29, 1.82) is 0 Å². The summed E-state index contributed by atoms with van der Waals surface area (Å²) in [6, 6.07) is 0. The quantitative estimate of drug-likeness (QED) is 0.229. The van der Waals surface area contributed by atoms with Crippen LogP contribution in [0.4, 0.5) is 0 Å². The van der Waals surface area contributed by atoms with Crippen LogP contribution in [-0.2, 0) is 14.2 Å². The molecule has 0 spiro atoms. The first-order chi connectivity index (χ1) is 11.3. The molecule has 2 aliphatic heterocycles. The molecule has 0 bridgehead atoms. The number of ether oxygens (including phenoxy) is 3. The maximum atomic E-state index is 10.0. The van der Waals surface area contributed by atoms with Crippen LogP contribution in [-0.4, -0.2) is 104 Å². The highest BCUT2D eigenvalue weighted by molar-refractivity contribution is 7.80. The third-order valence-electron chi connectivity index (χ3n) is 4.20. The Morgan fingerprint density at radius 1 is 0.667 bits per heavy atom. The predicted molar refractivity (Wildman–Crippen MR) is 86.8 cm³/mol. The fraction of sp³-hybridized carbons (Fsp3) is 1.00. The molecule has 0 aromatic heterocycles. The first-order valence-electron chi connectivity index (χ1n) is 7.58. The molecule has 9 nitrogen and oxygen atoms in total. The van der Waals surface area contributed by atoms with Gasteiger partial charge in [-0.05, 0) is 12.2 Å². The van der Waals surface area contributed by atoms with E-state index in [1.165, 1.54) is 0 Å². The average Bonchev–Trinajstić information content (AvgIpc) is 2.57. The second-order valence-electron chi connectivity index (χ2n) is 5.86. The fourth-order valence-corrected chi connectivity index (χ4v) is 3.26. The highest BCUT2D eigenvalue weighted by Gasteiger charge is 2.49. The summed E-state index contributed by atoms with van der Waals surface area (Å²) >= 11 is 8.02. The molecule has 0 amide bonds. The van der Waals surface area contributed by atoms with Gasteiger partial charge in [0.2, 0.25) is 0 Å². The van der Waals surface area contributed by atoms with Gasteiger partial charge in [0, 0.05) is 5.75 Å². The van der Waals surface area contributed by atoms with Crippen molar-refractivity contribution in [1.82, 2.24) is 0 Å². The molecule has 0 aliphatic carbocycles. The third kappa shape index (κ3) is 4.18.